The number of anilines is 1. The van der Waals surface area contributed by atoms with Crippen LogP contribution in [0.2, 0.25) is 0 Å². The van der Waals surface area contributed by atoms with Gasteiger partial charge in [-0.05, 0) is 32.9 Å². The van der Waals surface area contributed by atoms with Crippen molar-refractivity contribution in [1.29, 1.82) is 0 Å². The largest absolute Gasteiger partial charge is 0.504 e. The Morgan fingerprint density at radius 3 is 2.63 bits per heavy atom. The van der Waals surface area contributed by atoms with Crippen molar-refractivity contribution in [3.05, 3.63) is 18.2 Å². The molecule has 0 aliphatic heterocycles. The van der Waals surface area contributed by atoms with Gasteiger partial charge in [0.1, 0.15) is 12.2 Å². The number of amides is 1. The van der Waals surface area contributed by atoms with Crippen molar-refractivity contribution < 1.29 is 19.4 Å². The molecule has 0 unspecified atom stereocenters. The summed E-state index contributed by atoms with van der Waals surface area (Å²) in [5, 5.41) is 12.2. The number of carbonyl (C=O) groups is 1. The summed E-state index contributed by atoms with van der Waals surface area (Å²) in [7, 11) is 0. The number of carbonyl (C=O) groups excluding carboxylic acids is 1. The summed E-state index contributed by atoms with van der Waals surface area (Å²) in [6, 6.07) is 4.54. The molecule has 0 aliphatic carbocycles. The van der Waals surface area contributed by atoms with Gasteiger partial charge in [-0.25, -0.2) is 4.79 Å². The van der Waals surface area contributed by atoms with Gasteiger partial charge in [0, 0.05) is 18.3 Å². The van der Waals surface area contributed by atoms with Crippen LogP contribution in [-0.2, 0) is 4.74 Å². The molecule has 0 heterocycles. The van der Waals surface area contributed by atoms with Crippen molar-refractivity contribution in [3.8, 4) is 11.5 Å². The van der Waals surface area contributed by atoms with Gasteiger partial charge in [-0.1, -0.05) is 0 Å². The molecular formula is C13H20N2O4. The Labute approximate surface area is 112 Å². The third-order valence-electron chi connectivity index (χ3n) is 1.98. The predicted octanol–water partition coefficient (Wildman–Crippen LogP) is 2.08. The van der Waals surface area contributed by atoms with Crippen molar-refractivity contribution in [1.82, 2.24) is 0 Å². The Hall–Kier alpha value is -1.95. The van der Waals surface area contributed by atoms with Crippen LogP contribution >= 0.6 is 0 Å². The molecule has 0 saturated heterocycles. The average molecular weight is 268 g/mol. The maximum Gasteiger partial charge on any atom is 0.412 e. The van der Waals surface area contributed by atoms with Gasteiger partial charge >= 0.3 is 6.09 Å². The molecule has 1 aromatic carbocycles. The second kappa shape index (κ2) is 6.29. The van der Waals surface area contributed by atoms with Gasteiger partial charge in [0.05, 0.1) is 0 Å². The number of aromatic hydroxyl groups is 1. The summed E-state index contributed by atoms with van der Waals surface area (Å²) in [6.45, 7) is 5.99. The van der Waals surface area contributed by atoms with E-state index in [1.807, 2.05) is 0 Å². The molecule has 6 heteroatoms. The minimum Gasteiger partial charge on any atom is -0.504 e. The second-order valence-corrected chi connectivity index (χ2v) is 4.95. The van der Waals surface area contributed by atoms with Crippen molar-refractivity contribution >= 4 is 11.8 Å². The van der Waals surface area contributed by atoms with Crippen LogP contribution < -0.4 is 15.8 Å². The van der Waals surface area contributed by atoms with Crippen LogP contribution in [0.5, 0.6) is 11.5 Å². The van der Waals surface area contributed by atoms with Gasteiger partial charge in [0.2, 0.25) is 0 Å². The van der Waals surface area contributed by atoms with Gasteiger partial charge in [0.15, 0.2) is 11.5 Å². The number of nitrogens with two attached hydrogens (primary N) is 1. The van der Waals surface area contributed by atoms with Crippen molar-refractivity contribution in [2.75, 3.05) is 18.5 Å². The Bertz CT molecular complexity index is 441. The topological polar surface area (TPSA) is 93.8 Å². The Morgan fingerprint density at radius 1 is 1.42 bits per heavy atom. The number of ether oxygens (including phenoxy) is 2. The van der Waals surface area contributed by atoms with E-state index < -0.39 is 11.7 Å². The van der Waals surface area contributed by atoms with Crippen LogP contribution in [0.15, 0.2) is 18.2 Å². The number of rotatable bonds is 4. The van der Waals surface area contributed by atoms with Gasteiger partial charge in [-0.15, -0.1) is 0 Å². The third-order valence-corrected chi connectivity index (χ3v) is 1.98. The first-order chi connectivity index (χ1) is 8.81. The Kier molecular flexibility index (Phi) is 5.00. The quantitative estimate of drug-likeness (QED) is 0.777. The fourth-order valence-electron chi connectivity index (χ4n) is 1.31. The lowest BCUT2D eigenvalue weighted by molar-refractivity contribution is 0.0636. The number of phenols is 1. The third kappa shape index (κ3) is 5.48. The maximum atomic E-state index is 11.5. The maximum absolute atomic E-state index is 11.5. The Morgan fingerprint density at radius 2 is 2.11 bits per heavy atom. The second-order valence-electron chi connectivity index (χ2n) is 4.95. The normalized spacial score (nSPS) is 10.9. The summed E-state index contributed by atoms with van der Waals surface area (Å²) in [4.78, 5) is 11.5. The molecule has 1 amide bonds. The highest BCUT2D eigenvalue weighted by Crippen LogP contribution is 2.29. The van der Waals surface area contributed by atoms with Crippen molar-refractivity contribution in [3.63, 3.8) is 0 Å². The zero-order valence-corrected chi connectivity index (χ0v) is 11.4. The summed E-state index contributed by atoms with van der Waals surface area (Å²) in [5.41, 5.74) is 5.15. The molecule has 0 aromatic heterocycles. The van der Waals surface area contributed by atoms with Crippen LogP contribution in [-0.4, -0.2) is 30.0 Å². The smallest absolute Gasteiger partial charge is 0.412 e. The fraction of sp³-hybridized carbons (Fsp3) is 0.462. The highest BCUT2D eigenvalue weighted by atomic mass is 16.6. The van der Waals surface area contributed by atoms with E-state index in [1.165, 1.54) is 6.07 Å². The molecule has 0 fully saturated rings. The minimum absolute atomic E-state index is 0.0676. The molecule has 4 N–H and O–H groups in total. The van der Waals surface area contributed by atoms with Gasteiger partial charge in [0.25, 0.3) is 0 Å². The van der Waals surface area contributed by atoms with E-state index in [4.69, 9.17) is 15.2 Å². The molecule has 0 spiro atoms. The lowest BCUT2D eigenvalue weighted by Crippen LogP contribution is -2.27. The Balaban J connectivity index is 2.65. The molecule has 6 nitrogen and oxygen atoms in total. The van der Waals surface area contributed by atoms with Crippen LogP contribution in [0.3, 0.4) is 0 Å². The number of nitrogens with one attached hydrogen (secondary N) is 1. The van der Waals surface area contributed by atoms with E-state index in [0.717, 1.165) is 0 Å². The van der Waals surface area contributed by atoms with E-state index in [9.17, 15) is 9.90 Å². The standard InChI is InChI=1S/C13H20N2O4/c1-13(2,3)19-12(17)15-9-4-5-11(10(16)8-9)18-7-6-14/h4-5,8,16H,6-7,14H2,1-3H3,(H,15,17). The number of hydrogen-bond acceptors (Lipinski definition) is 5. The summed E-state index contributed by atoms with van der Waals surface area (Å²) < 4.78 is 10.3. The molecular weight excluding hydrogens is 248 g/mol. The fourth-order valence-corrected chi connectivity index (χ4v) is 1.31. The predicted molar refractivity (Wildman–Crippen MR) is 72.5 cm³/mol. The van der Waals surface area contributed by atoms with E-state index >= 15 is 0 Å². The van der Waals surface area contributed by atoms with Crippen LogP contribution in [0.25, 0.3) is 0 Å². The van der Waals surface area contributed by atoms with Crippen LogP contribution in [0.4, 0.5) is 10.5 Å². The molecule has 0 atom stereocenters. The first-order valence-corrected chi connectivity index (χ1v) is 5.98. The van der Waals surface area contributed by atoms with Gasteiger partial charge in [-0.3, -0.25) is 5.32 Å². The molecule has 0 radical (unpaired) electrons. The number of hydrogen-bond donors (Lipinski definition) is 3. The van der Waals surface area contributed by atoms with E-state index in [0.29, 0.717) is 24.6 Å². The monoisotopic (exact) mass is 268 g/mol. The first kappa shape index (κ1) is 15.1. The summed E-state index contributed by atoms with van der Waals surface area (Å²) >= 11 is 0. The zero-order valence-electron chi connectivity index (χ0n) is 11.4. The van der Waals surface area contributed by atoms with E-state index in [1.54, 1.807) is 32.9 Å². The average Bonchev–Trinajstić information content (AvgIpc) is 2.25. The molecule has 1 rings (SSSR count). The summed E-state index contributed by atoms with van der Waals surface area (Å²) in [5.74, 6) is 0.252. The molecule has 1 aromatic rings. The minimum atomic E-state index is -0.581. The van der Waals surface area contributed by atoms with Crippen LogP contribution in [0, 0.1) is 0 Å². The van der Waals surface area contributed by atoms with Crippen LogP contribution in [0.1, 0.15) is 20.8 Å². The zero-order chi connectivity index (χ0) is 14.5. The summed E-state index contributed by atoms with van der Waals surface area (Å²) in [6.07, 6.45) is -0.581. The molecule has 0 aliphatic rings. The molecule has 106 valence electrons. The van der Waals surface area contributed by atoms with E-state index in [-0.39, 0.29) is 5.75 Å². The SMILES string of the molecule is CC(C)(C)OC(=O)Nc1ccc(OCCN)c(O)c1. The molecule has 0 bridgehead atoms. The van der Waals surface area contributed by atoms with E-state index in [2.05, 4.69) is 5.32 Å². The highest BCUT2D eigenvalue weighted by molar-refractivity contribution is 5.85. The highest BCUT2D eigenvalue weighted by Gasteiger charge is 2.16. The van der Waals surface area contributed by atoms with Gasteiger partial charge in [-0.2, -0.15) is 0 Å². The first-order valence-electron chi connectivity index (χ1n) is 5.98. The van der Waals surface area contributed by atoms with Crippen molar-refractivity contribution in [2.45, 2.75) is 26.4 Å². The van der Waals surface area contributed by atoms with Gasteiger partial charge < -0.3 is 20.3 Å². The number of phenolic OH excluding ortho intramolecular Hbond substituents is 1. The molecule has 19 heavy (non-hydrogen) atoms. The van der Waals surface area contributed by atoms with Crippen molar-refractivity contribution in [2.24, 2.45) is 5.73 Å². The lowest BCUT2D eigenvalue weighted by Gasteiger charge is -2.19. The number of benzene rings is 1. The molecule has 0 saturated carbocycles. The lowest BCUT2D eigenvalue weighted by atomic mass is 10.2.